The Balaban J connectivity index is 1.44. The van der Waals surface area contributed by atoms with Gasteiger partial charge in [0.25, 0.3) is 0 Å². The highest BCUT2D eigenvalue weighted by Gasteiger charge is 2.04. The Morgan fingerprint density at radius 1 is 0.929 bits per heavy atom. The lowest BCUT2D eigenvalue weighted by Gasteiger charge is -2.07. The van der Waals surface area contributed by atoms with Crippen LogP contribution in [-0.4, -0.2) is 45.5 Å². The van der Waals surface area contributed by atoms with Crippen molar-refractivity contribution in [2.75, 3.05) is 18.4 Å². The van der Waals surface area contributed by atoms with E-state index in [2.05, 4.69) is 36.3 Å². The minimum Gasteiger partial charge on any atom is -0.481 e. The molecule has 3 aromatic rings. The van der Waals surface area contributed by atoms with Gasteiger partial charge in [0.2, 0.25) is 5.91 Å². The molecule has 0 aliphatic carbocycles. The van der Waals surface area contributed by atoms with Gasteiger partial charge in [0.1, 0.15) is 11.0 Å². The molecule has 144 valence electrons. The number of nitrogens with one attached hydrogen (secondary N) is 3. The van der Waals surface area contributed by atoms with E-state index in [1.54, 1.807) is 6.07 Å². The first kappa shape index (κ1) is 19.0. The summed E-state index contributed by atoms with van der Waals surface area (Å²) in [6, 6.07) is 12.8. The van der Waals surface area contributed by atoms with Gasteiger partial charge in [0.15, 0.2) is 0 Å². The molecule has 0 atom stereocenters. The Bertz CT molecular complexity index is 982. The van der Waals surface area contributed by atoms with E-state index in [1.807, 2.05) is 36.4 Å². The molecule has 28 heavy (non-hydrogen) atoms. The molecule has 10 heteroatoms. The predicted molar refractivity (Wildman–Crippen MR) is 103 cm³/mol. The van der Waals surface area contributed by atoms with Crippen molar-refractivity contribution in [2.24, 2.45) is 10.2 Å². The summed E-state index contributed by atoms with van der Waals surface area (Å²) in [6.45, 7) is 0.932. The molecule has 0 aliphatic rings. The minimum absolute atomic E-state index is 0.0152. The quantitative estimate of drug-likeness (QED) is 0.331. The van der Waals surface area contributed by atoms with Gasteiger partial charge in [-0.2, -0.15) is 25.6 Å². The smallest absolute Gasteiger partial charge is 0.303 e. The van der Waals surface area contributed by atoms with Crippen LogP contribution >= 0.6 is 0 Å². The maximum absolute atomic E-state index is 11.4. The Labute approximate surface area is 160 Å². The summed E-state index contributed by atoms with van der Waals surface area (Å²) in [6.07, 6.45) is -0.180. The van der Waals surface area contributed by atoms with Gasteiger partial charge < -0.3 is 15.7 Å². The molecule has 3 rings (SSSR count). The van der Waals surface area contributed by atoms with Crippen LogP contribution in [0.5, 0.6) is 0 Å². The number of aromatic nitrogens is 3. The number of hydrogen-bond acceptors (Lipinski definition) is 7. The number of anilines is 1. The molecular formula is C18H19N7O3. The van der Waals surface area contributed by atoms with Crippen LogP contribution in [0.3, 0.4) is 0 Å². The topological polar surface area (TPSA) is 145 Å². The highest BCUT2D eigenvalue weighted by molar-refractivity contribution is 5.80. The maximum atomic E-state index is 11.4. The highest BCUT2D eigenvalue weighted by Crippen LogP contribution is 2.22. The molecule has 1 heterocycles. The summed E-state index contributed by atoms with van der Waals surface area (Å²) in [7, 11) is 0. The molecular weight excluding hydrogens is 362 g/mol. The van der Waals surface area contributed by atoms with E-state index >= 15 is 0 Å². The average molecular weight is 381 g/mol. The number of fused-ring (bicyclic) bond motifs is 1. The molecule has 1 amide bonds. The number of carboxylic acids is 1. The van der Waals surface area contributed by atoms with Gasteiger partial charge in [-0.25, -0.2) is 0 Å². The lowest BCUT2D eigenvalue weighted by Crippen LogP contribution is -2.28. The van der Waals surface area contributed by atoms with Crippen LogP contribution < -0.4 is 10.6 Å². The average Bonchev–Trinajstić information content (AvgIpc) is 3.17. The third kappa shape index (κ3) is 5.59. The zero-order chi connectivity index (χ0) is 19.8. The number of amides is 1. The van der Waals surface area contributed by atoms with Crippen LogP contribution in [0, 0.1) is 0 Å². The Kier molecular flexibility index (Phi) is 6.24. The van der Waals surface area contributed by atoms with Gasteiger partial charge >= 0.3 is 5.97 Å². The molecule has 0 bridgehead atoms. The number of hydrogen-bond donors (Lipinski definition) is 4. The molecule has 1 aromatic heterocycles. The van der Waals surface area contributed by atoms with Gasteiger partial charge in [-0.3, -0.25) is 9.59 Å². The molecule has 0 radical (unpaired) electrons. The first-order chi connectivity index (χ1) is 13.6. The van der Waals surface area contributed by atoms with Gasteiger partial charge in [0, 0.05) is 25.2 Å². The van der Waals surface area contributed by atoms with Crippen molar-refractivity contribution < 1.29 is 14.7 Å². The molecule has 0 aliphatic heterocycles. The van der Waals surface area contributed by atoms with Crippen LogP contribution in [0.25, 0.3) is 11.0 Å². The van der Waals surface area contributed by atoms with E-state index in [9.17, 15) is 9.59 Å². The number of rotatable bonds is 9. The fourth-order valence-electron chi connectivity index (χ4n) is 2.37. The molecule has 0 saturated carbocycles. The number of carboxylic acid groups (broad SMARTS) is 1. The number of aromatic amines is 1. The standard InChI is InChI=1S/C18H19N7O3/c26-17(7-8-18(27)28)20-10-9-19-12-1-3-13(4-2-12)21-22-14-5-6-15-16(11-14)24-25-23-15/h1-6,11,19H,7-10H2,(H,20,26)(H,27,28)(H,23,24,25). The number of azo groups is 1. The second-order valence-electron chi connectivity index (χ2n) is 5.91. The second kappa shape index (κ2) is 9.21. The summed E-state index contributed by atoms with van der Waals surface area (Å²) in [5, 5.41) is 33.3. The van der Waals surface area contributed by atoms with Crippen LogP contribution in [0.1, 0.15) is 12.8 Å². The summed E-state index contributed by atoms with van der Waals surface area (Å²) in [4.78, 5) is 21.8. The second-order valence-corrected chi connectivity index (χ2v) is 5.91. The van der Waals surface area contributed by atoms with E-state index < -0.39 is 5.97 Å². The van der Waals surface area contributed by atoms with Gasteiger partial charge in [0.05, 0.1) is 17.8 Å². The number of H-pyrrole nitrogens is 1. The summed E-state index contributed by atoms with van der Waals surface area (Å²) in [5.41, 5.74) is 3.76. The number of benzene rings is 2. The van der Waals surface area contributed by atoms with Crippen LogP contribution in [0.4, 0.5) is 17.1 Å². The van der Waals surface area contributed by atoms with Crippen molar-refractivity contribution >= 4 is 40.0 Å². The third-order valence-electron chi connectivity index (χ3n) is 3.79. The lowest BCUT2D eigenvalue weighted by molar-refractivity contribution is -0.138. The van der Waals surface area contributed by atoms with Gasteiger partial charge in [-0.15, -0.1) is 0 Å². The SMILES string of the molecule is O=C(O)CCC(=O)NCCNc1ccc(N=Nc2ccc3n[nH]nc3c2)cc1. The fraction of sp³-hybridized carbons (Fsp3) is 0.222. The molecule has 0 saturated heterocycles. The van der Waals surface area contributed by atoms with Gasteiger partial charge in [-0.1, -0.05) is 0 Å². The minimum atomic E-state index is -0.982. The lowest BCUT2D eigenvalue weighted by atomic mass is 10.3. The Hall–Kier alpha value is -3.82. The van der Waals surface area contributed by atoms with E-state index in [0.717, 1.165) is 16.7 Å². The zero-order valence-corrected chi connectivity index (χ0v) is 14.9. The first-order valence-electron chi connectivity index (χ1n) is 8.65. The number of nitrogens with zero attached hydrogens (tertiary/aromatic N) is 4. The molecule has 0 spiro atoms. The van der Waals surface area contributed by atoms with Crippen molar-refractivity contribution in [1.82, 2.24) is 20.7 Å². The fourth-order valence-corrected chi connectivity index (χ4v) is 2.37. The number of aliphatic carboxylic acids is 1. The van der Waals surface area contributed by atoms with E-state index in [1.165, 1.54) is 0 Å². The molecule has 4 N–H and O–H groups in total. The van der Waals surface area contributed by atoms with Gasteiger partial charge in [-0.05, 0) is 42.5 Å². The maximum Gasteiger partial charge on any atom is 0.303 e. The molecule has 2 aromatic carbocycles. The highest BCUT2D eigenvalue weighted by atomic mass is 16.4. The van der Waals surface area contributed by atoms with Crippen LogP contribution in [0.15, 0.2) is 52.7 Å². The van der Waals surface area contributed by atoms with Crippen molar-refractivity contribution in [3.05, 3.63) is 42.5 Å². The normalized spacial score (nSPS) is 11.0. The zero-order valence-electron chi connectivity index (χ0n) is 14.9. The van der Waals surface area contributed by atoms with Crippen molar-refractivity contribution in [1.29, 1.82) is 0 Å². The van der Waals surface area contributed by atoms with Crippen LogP contribution in [0.2, 0.25) is 0 Å². The number of carbonyl (C=O) groups is 2. The Morgan fingerprint density at radius 2 is 1.64 bits per heavy atom. The Morgan fingerprint density at radius 3 is 2.43 bits per heavy atom. The first-order valence-corrected chi connectivity index (χ1v) is 8.65. The summed E-state index contributed by atoms with van der Waals surface area (Å²) >= 11 is 0. The van der Waals surface area contributed by atoms with Crippen molar-refractivity contribution in [3.8, 4) is 0 Å². The molecule has 10 nitrogen and oxygen atoms in total. The monoisotopic (exact) mass is 381 g/mol. The predicted octanol–water partition coefficient (Wildman–Crippen LogP) is 2.77. The summed E-state index contributed by atoms with van der Waals surface area (Å²) < 4.78 is 0. The van der Waals surface area contributed by atoms with Crippen molar-refractivity contribution in [3.63, 3.8) is 0 Å². The van der Waals surface area contributed by atoms with Crippen LogP contribution in [-0.2, 0) is 9.59 Å². The van der Waals surface area contributed by atoms with E-state index in [-0.39, 0.29) is 18.7 Å². The van der Waals surface area contributed by atoms with E-state index in [4.69, 9.17) is 5.11 Å². The molecule has 0 fully saturated rings. The molecule has 0 unspecified atom stereocenters. The van der Waals surface area contributed by atoms with E-state index in [0.29, 0.717) is 24.5 Å². The van der Waals surface area contributed by atoms with Crippen molar-refractivity contribution in [2.45, 2.75) is 12.8 Å². The third-order valence-corrected chi connectivity index (χ3v) is 3.79. The largest absolute Gasteiger partial charge is 0.481 e. The summed E-state index contributed by atoms with van der Waals surface area (Å²) in [5.74, 6) is -1.26. The number of carbonyl (C=O) groups excluding carboxylic acids is 1.